The predicted molar refractivity (Wildman–Crippen MR) is 124 cm³/mol. The minimum atomic E-state index is -0.700. The number of aromatic nitrogens is 2. The van der Waals surface area contributed by atoms with Gasteiger partial charge in [0.15, 0.2) is 0 Å². The van der Waals surface area contributed by atoms with Gasteiger partial charge in [0.25, 0.3) is 0 Å². The zero-order chi connectivity index (χ0) is 25.0. The van der Waals surface area contributed by atoms with E-state index in [-0.39, 0.29) is 18.2 Å². The summed E-state index contributed by atoms with van der Waals surface area (Å²) in [6.07, 6.45) is 5.53. The maximum Gasteiger partial charge on any atom is 0.410 e. The molecule has 2 unspecified atom stereocenters. The van der Waals surface area contributed by atoms with E-state index in [4.69, 9.17) is 14.2 Å². The molecule has 10 heteroatoms. The van der Waals surface area contributed by atoms with Crippen LogP contribution in [0.5, 0.6) is 0 Å². The van der Waals surface area contributed by atoms with Gasteiger partial charge < -0.3 is 19.1 Å². The molecule has 0 bridgehead atoms. The zero-order valence-corrected chi connectivity index (χ0v) is 20.3. The van der Waals surface area contributed by atoms with Gasteiger partial charge in [0.05, 0.1) is 37.6 Å². The van der Waals surface area contributed by atoms with Crippen molar-refractivity contribution in [2.75, 3.05) is 32.2 Å². The Labute approximate surface area is 198 Å². The lowest BCUT2D eigenvalue weighted by Gasteiger charge is -2.48. The number of ether oxygens (including phenoxy) is 3. The number of piperazine rings is 1. The van der Waals surface area contributed by atoms with Gasteiger partial charge in [-0.05, 0) is 45.4 Å². The second-order valence-corrected chi connectivity index (χ2v) is 8.89. The number of hydrogen-bond donors (Lipinski definition) is 0. The number of carbonyl (C=O) groups excluding carboxylic acids is 3. The standard InChI is InChI=1S/C24H30N4O6/c1-15-20(16-7-9-25-13-17(16)21(29)32-5)28(23(31)34-24(2,3)4)12-11-27(15)19-8-10-26-14-18(19)22(30)33-6/h7-10,13-15,20H,11-12H2,1-6H3. The van der Waals surface area contributed by atoms with Crippen LogP contribution in [-0.2, 0) is 14.2 Å². The first-order chi connectivity index (χ1) is 16.1. The number of carbonyl (C=O) groups is 3. The molecule has 34 heavy (non-hydrogen) atoms. The van der Waals surface area contributed by atoms with E-state index in [1.807, 2.05) is 11.8 Å². The molecule has 2 atom stereocenters. The molecule has 0 aromatic carbocycles. The number of amides is 1. The Morgan fingerprint density at radius 1 is 0.941 bits per heavy atom. The summed E-state index contributed by atoms with van der Waals surface area (Å²) in [4.78, 5) is 49.9. The molecule has 3 rings (SSSR count). The first kappa shape index (κ1) is 24.9. The third-order valence-corrected chi connectivity index (χ3v) is 5.59. The summed E-state index contributed by atoms with van der Waals surface area (Å²) < 4.78 is 15.6. The number of hydrogen-bond acceptors (Lipinski definition) is 9. The minimum absolute atomic E-state index is 0.250. The van der Waals surface area contributed by atoms with E-state index in [0.717, 1.165) is 0 Å². The Hall–Kier alpha value is -3.69. The molecule has 10 nitrogen and oxygen atoms in total. The molecule has 0 spiro atoms. The van der Waals surface area contributed by atoms with Crippen LogP contribution in [0.2, 0.25) is 0 Å². The summed E-state index contributed by atoms with van der Waals surface area (Å²) in [5.41, 5.74) is 1.05. The lowest BCUT2D eigenvalue weighted by atomic mass is 9.92. The highest BCUT2D eigenvalue weighted by Gasteiger charge is 2.42. The molecule has 1 amide bonds. The Kier molecular flexibility index (Phi) is 7.38. The quantitative estimate of drug-likeness (QED) is 0.491. The number of pyridine rings is 2. The van der Waals surface area contributed by atoms with E-state index >= 15 is 0 Å². The summed E-state index contributed by atoms with van der Waals surface area (Å²) in [6, 6.07) is 2.47. The van der Waals surface area contributed by atoms with Crippen molar-refractivity contribution in [3.8, 4) is 0 Å². The van der Waals surface area contributed by atoms with Crippen LogP contribution in [0.15, 0.2) is 36.9 Å². The van der Waals surface area contributed by atoms with E-state index in [1.165, 1.54) is 26.6 Å². The fraction of sp³-hybridized carbons (Fsp3) is 0.458. The first-order valence-electron chi connectivity index (χ1n) is 10.9. The summed E-state index contributed by atoms with van der Waals surface area (Å²) in [5.74, 6) is -1.07. The van der Waals surface area contributed by atoms with Crippen LogP contribution >= 0.6 is 0 Å². The highest BCUT2D eigenvalue weighted by Crippen LogP contribution is 2.37. The summed E-state index contributed by atoms with van der Waals surface area (Å²) >= 11 is 0. The van der Waals surface area contributed by atoms with E-state index in [9.17, 15) is 14.4 Å². The average Bonchev–Trinajstić information content (AvgIpc) is 2.81. The zero-order valence-electron chi connectivity index (χ0n) is 20.3. The molecule has 3 heterocycles. The third kappa shape index (κ3) is 5.11. The van der Waals surface area contributed by atoms with Crippen LogP contribution in [0.4, 0.5) is 10.5 Å². The van der Waals surface area contributed by atoms with Crippen molar-refractivity contribution in [3.05, 3.63) is 53.6 Å². The highest BCUT2D eigenvalue weighted by atomic mass is 16.6. The van der Waals surface area contributed by atoms with E-state index < -0.39 is 29.7 Å². The van der Waals surface area contributed by atoms with Crippen molar-refractivity contribution < 1.29 is 28.6 Å². The molecule has 0 aliphatic carbocycles. The number of anilines is 1. The van der Waals surface area contributed by atoms with Crippen molar-refractivity contribution in [2.45, 2.75) is 45.4 Å². The molecule has 0 saturated carbocycles. The summed E-state index contributed by atoms with van der Waals surface area (Å²) in [7, 11) is 2.60. The van der Waals surface area contributed by atoms with Crippen LogP contribution in [0.3, 0.4) is 0 Å². The molecule has 182 valence electrons. The Morgan fingerprint density at radius 3 is 2.15 bits per heavy atom. The topological polar surface area (TPSA) is 111 Å². The normalized spacial score (nSPS) is 18.3. The molecule has 2 aromatic heterocycles. The predicted octanol–water partition coefficient (Wildman–Crippen LogP) is 3.24. The molecule has 1 aliphatic heterocycles. The number of methoxy groups -OCH3 is 2. The Morgan fingerprint density at radius 2 is 1.53 bits per heavy atom. The molecular formula is C24H30N4O6. The lowest BCUT2D eigenvalue weighted by Crippen LogP contribution is -2.57. The molecule has 1 aliphatic rings. The van der Waals surface area contributed by atoms with Crippen molar-refractivity contribution in [1.82, 2.24) is 14.9 Å². The third-order valence-electron chi connectivity index (χ3n) is 5.59. The molecular weight excluding hydrogens is 440 g/mol. The monoisotopic (exact) mass is 470 g/mol. The van der Waals surface area contributed by atoms with Crippen LogP contribution in [0.1, 0.15) is 60.0 Å². The van der Waals surface area contributed by atoms with Crippen LogP contribution in [-0.4, -0.2) is 71.9 Å². The fourth-order valence-electron chi connectivity index (χ4n) is 4.13. The maximum absolute atomic E-state index is 13.2. The van der Waals surface area contributed by atoms with E-state index in [1.54, 1.807) is 50.2 Å². The van der Waals surface area contributed by atoms with Crippen LogP contribution < -0.4 is 4.90 Å². The molecule has 2 aromatic rings. The van der Waals surface area contributed by atoms with Crippen LogP contribution in [0.25, 0.3) is 0 Å². The second kappa shape index (κ2) is 10.1. The van der Waals surface area contributed by atoms with Gasteiger partial charge in [-0.2, -0.15) is 0 Å². The van der Waals surface area contributed by atoms with Gasteiger partial charge >= 0.3 is 18.0 Å². The van der Waals surface area contributed by atoms with Crippen LogP contribution in [0, 0.1) is 0 Å². The lowest BCUT2D eigenvalue weighted by molar-refractivity contribution is 0.00896. The van der Waals surface area contributed by atoms with Gasteiger partial charge in [0.1, 0.15) is 11.2 Å². The summed E-state index contributed by atoms with van der Waals surface area (Å²) in [6.45, 7) is 8.02. The molecule has 1 fully saturated rings. The largest absolute Gasteiger partial charge is 0.465 e. The van der Waals surface area contributed by atoms with Gasteiger partial charge in [-0.1, -0.05) is 0 Å². The van der Waals surface area contributed by atoms with E-state index in [0.29, 0.717) is 23.4 Å². The van der Waals surface area contributed by atoms with Gasteiger partial charge in [-0.25, -0.2) is 14.4 Å². The van der Waals surface area contributed by atoms with Crippen molar-refractivity contribution in [3.63, 3.8) is 0 Å². The van der Waals surface area contributed by atoms with Gasteiger partial charge in [-0.15, -0.1) is 0 Å². The van der Waals surface area contributed by atoms with Crippen molar-refractivity contribution >= 4 is 23.7 Å². The number of esters is 2. The first-order valence-corrected chi connectivity index (χ1v) is 10.9. The maximum atomic E-state index is 13.2. The fourth-order valence-corrected chi connectivity index (χ4v) is 4.13. The second-order valence-electron chi connectivity index (χ2n) is 8.89. The van der Waals surface area contributed by atoms with Gasteiger partial charge in [-0.3, -0.25) is 14.9 Å². The molecule has 0 N–H and O–H groups in total. The SMILES string of the molecule is COC(=O)c1cnccc1C1C(C)N(c2ccncc2C(=O)OC)CCN1C(=O)OC(C)(C)C. The van der Waals surface area contributed by atoms with Crippen molar-refractivity contribution in [1.29, 1.82) is 0 Å². The smallest absolute Gasteiger partial charge is 0.410 e. The average molecular weight is 471 g/mol. The van der Waals surface area contributed by atoms with Gasteiger partial charge in [0, 0.05) is 37.9 Å². The molecule has 0 radical (unpaired) electrons. The van der Waals surface area contributed by atoms with Gasteiger partial charge in [0.2, 0.25) is 0 Å². The number of rotatable bonds is 4. The Balaban J connectivity index is 2.11. The molecule has 1 saturated heterocycles. The summed E-state index contributed by atoms with van der Waals surface area (Å²) in [5, 5.41) is 0. The minimum Gasteiger partial charge on any atom is -0.465 e. The Bertz CT molecular complexity index is 1070. The van der Waals surface area contributed by atoms with Crippen molar-refractivity contribution in [2.24, 2.45) is 0 Å². The highest BCUT2D eigenvalue weighted by molar-refractivity contribution is 5.95. The van der Waals surface area contributed by atoms with E-state index in [2.05, 4.69) is 9.97 Å². The number of nitrogens with zero attached hydrogens (tertiary/aromatic N) is 4.